The highest BCUT2D eigenvalue weighted by Crippen LogP contribution is 2.31. The highest BCUT2D eigenvalue weighted by Gasteiger charge is 2.26. The van der Waals surface area contributed by atoms with E-state index in [2.05, 4.69) is 30.0 Å². The van der Waals surface area contributed by atoms with Gasteiger partial charge in [0.05, 0.1) is 5.69 Å². The number of unbranched alkanes of at least 4 members (excludes halogenated alkanes) is 1. The van der Waals surface area contributed by atoms with Crippen LogP contribution in [-0.4, -0.2) is 36.6 Å². The van der Waals surface area contributed by atoms with Crippen LogP contribution in [0.15, 0.2) is 24.3 Å². The molecule has 7 nitrogen and oxygen atoms in total. The van der Waals surface area contributed by atoms with Gasteiger partial charge in [0.1, 0.15) is 12.3 Å². The number of carbonyl (C=O) groups is 2. The number of thiocarbonyl (C=S) groups is 1. The quantitative estimate of drug-likeness (QED) is 0.464. The molecule has 0 fully saturated rings. The highest BCUT2D eigenvalue weighted by molar-refractivity contribution is 7.80. The SMILES string of the molecule is CCCC[C@H](CC)CNC(=S)NNC(=O)CN1C(=O)COc2ccccc21. The Kier molecular flexibility index (Phi) is 8.32. The molecule has 1 aliphatic rings. The fraction of sp³-hybridized carbons (Fsp3) is 0.526. The van der Waals surface area contributed by atoms with Gasteiger partial charge in [-0.05, 0) is 36.7 Å². The minimum atomic E-state index is -0.359. The molecule has 0 unspecified atom stereocenters. The molecule has 2 rings (SSSR count). The van der Waals surface area contributed by atoms with Crippen LogP contribution in [0.25, 0.3) is 0 Å². The second-order valence-electron chi connectivity index (χ2n) is 6.54. The van der Waals surface area contributed by atoms with Gasteiger partial charge in [0.25, 0.3) is 11.8 Å². The maximum atomic E-state index is 12.2. The molecule has 1 aliphatic heterocycles. The molecule has 1 atom stereocenters. The van der Waals surface area contributed by atoms with Gasteiger partial charge in [0.2, 0.25) is 0 Å². The monoisotopic (exact) mass is 392 g/mol. The molecule has 0 radical (unpaired) electrons. The van der Waals surface area contributed by atoms with E-state index in [-0.39, 0.29) is 25.0 Å². The molecule has 0 bridgehead atoms. The number of hydrogen-bond acceptors (Lipinski definition) is 4. The third-order valence-corrected chi connectivity index (χ3v) is 4.77. The average molecular weight is 393 g/mol. The summed E-state index contributed by atoms with van der Waals surface area (Å²) >= 11 is 5.20. The van der Waals surface area contributed by atoms with Crippen molar-refractivity contribution in [1.82, 2.24) is 16.2 Å². The number of anilines is 1. The second-order valence-corrected chi connectivity index (χ2v) is 6.94. The van der Waals surface area contributed by atoms with Crippen LogP contribution in [0, 0.1) is 5.92 Å². The van der Waals surface area contributed by atoms with Crippen molar-refractivity contribution in [2.75, 3.05) is 24.6 Å². The number of ether oxygens (including phenoxy) is 1. The Labute approximate surface area is 165 Å². The summed E-state index contributed by atoms with van der Waals surface area (Å²) < 4.78 is 5.37. The molecule has 148 valence electrons. The van der Waals surface area contributed by atoms with E-state index < -0.39 is 0 Å². The number of para-hydroxylation sites is 2. The van der Waals surface area contributed by atoms with E-state index in [1.165, 1.54) is 17.7 Å². The predicted molar refractivity (Wildman–Crippen MR) is 109 cm³/mol. The predicted octanol–water partition coefficient (Wildman–Crippen LogP) is 2.12. The molecule has 0 spiro atoms. The number of nitrogens with zero attached hydrogens (tertiary/aromatic N) is 1. The first-order valence-corrected chi connectivity index (χ1v) is 9.80. The van der Waals surface area contributed by atoms with Gasteiger partial charge < -0.3 is 10.1 Å². The first kappa shape index (κ1) is 21.0. The van der Waals surface area contributed by atoms with Crippen molar-refractivity contribution in [3.05, 3.63) is 24.3 Å². The number of benzene rings is 1. The van der Waals surface area contributed by atoms with Gasteiger partial charge in [-0.25, -0.2) is 0 Å². The van der Waals surface area contributed by atoms with Crippen molar-refractivity contribution in [2.24, 2.45) is 5.92 Å². The summed E-state index contributed by atoms with van der Waals surface area (Å²) in [6, 6.07) is 7.14. The van der Waals surface area contributed by atoms with Crippen molar-refractivity contribution in [2.45, 2.75) is 39.5 Å². The number of rotatable bonds is 8. The van der Waals surface area contributed by atoms with Gasteiger partial charge in [-0.1, -0.05) is 45.2 Å². The summed E-state index contributed by atoms with van der Waals surface area (Å²) in [5.41, 5.74) is 5.83. The van der Waals surface area contributed by atoms with Crippen LogP contribution < -0.4 is 25.8 Å². The maximum absolute atomic E-state index is 12.2. The molecule has 0 saturated carbocycles. The van der Waals surface area contributed by atoms with Gasteiger partial charge in [-0.2, -0.15) is 0 Å². The standard InChI is InChI=1S/C19H28N4O3S/c1-3-5-8-14(4-2)11-20-19(27)22-21-17(24)12-23-15-9-6-7-10-16(15)26-13-18(23)25/h6-7,9-10,14H,3-5,8,11-13H2,1-2H3,(H,21,24)(H2,20,22,27)/t14-/m0/s1. The summed E-state index contributed by atoms with van der Waals surface area (Å²) in [7, 11) is 0. The van der Waals surface area contributed by atoms with E-state index in [0.29, 0.717) is 22.5 Å². The van der Waals surface area contributed by atoms with Crippen molar-refractivity contribution in [3.63, 3.8) is 0 Å². The Morgan fingerprint density at radius 2 is 2.07 bits per heavy atom. The molecular weight excluding hydrogens is 364 g/mol. The van der Waals surface area contributed by atoms with Crippen molar-refractivity contribution in [3.8, 4) is 5.75 Å². The topological polar surface area (TPSA) is 82.7 Å². The molecule has 3 N–H and O–H groups in total. The third-order valence-electron chi connectivity index (χ3n) is 4.52. The lowest BCUT2D eigenvalue weighted by molar-refractivity contribution is -0.125. The first-order valence-electron chi connectivity index (χ1n) is 9.40. The summed E-state index contributed by atoms with van der Waals surface area (Å²) in [5, 5.41) is 3.50. The van der Waals surface area contributed by atoms with E-state index in [0.717, 1.165) is 19.4 Å². The van der Waals surface area contributed by atoms with E-state index in [1.807, 2.05) is 6.07 Å². The Morgan fingerprint density at radius 1 is 1.30 bits per heavy atom. The number of nitrogens with one attached hydrogen (secondary N) is 3. The number of hydrazine groups is 1. The fourth-order valence-corrected chi connectivity index (χ4v) is 3.00. The molecule has 1 aromatic rings. The lowest BCUT2D eigenvalue weighted by Gasteiger charge is -2.28. The summed E-state index contributed by atoms with van der Waals surface area (Å²) in [4.78, 5) is 25.7. The molecule has 0 aromatic heterocycles. The zero-order valence-electron chi connectivity index (χ0n) is 15.9. The van der Waals surface area contributed by atoms with Gasteiger partial charge in [0, 0.05) is 6.54 Å². The highest BCUT2D eigenvalue weighted by atomic mass is 32.1. The van der Waals surface area contributed by atoms with Crippen LogP contribution in [-0.2, 0) is 9.59 Å². The lowest BCUT2D eigenvalue weighted by atomic mass is 9.99. The molecule has 0 saturated heterocycles. The van der Waals surface area contributed by atoms with Crippen molar-refractivity contribution >= 4 is 34.8 Å². The Morgan fingerprint density at radius 3 is 2.81 bits per heavy atom. The summed E-state index contributed by atoms with van der Waals surface area (Å²) in [6.45, 7) is 4.93. The van der Waals surface area contributed by atoms with Gasteiger partial charge in [-0.3, -0.25) is 25.3 Å². The largest absolute Gasteiger partial charge is 0.482 e. The lowest BCUT2D eigenvalue weighted by Crippen LogP contribution is -2.52. The molecule has 1 heterocycles. The Bertz CT molecular complexity index is 668. The van der Waals surface area contributed by atoms with Gasteiger partial charge >= 0.3 is 0 Å². The minimum Gasteiger partial charge on any atom is -0.482 e. The van der Waals surface area contributed by atoms with Crippen LogP contribution in [0.3, 0.4) is 0 Å². The Balaban J connectivity index is 1.77. The second kappa shape index (κ2) is 10.7. The Hall–Kier alpha value is -2.35. The summed E-state index contributed by atoms with van der Waals surface area (Å²) in [6.07, 6.45) is 4.62. The third kappa shape index (κ3) is 6.39. The smallest absolute Gasteiger partial charge is 0.265 e. The molecule has 0 aliphatic carbocycles. The number of carbonyl (C=O) groups excluding carboxylic acids is 2. The zero-order valence-corrected chi connectivity index (χ0v) is 16.7. The molecular formula is C19H28N4O3S. The van der Waals surface area contributed by atoms with E-state index >= 15 is 0 Å². The minimum absolute atomic E-state index is 0.0755. The van der Waals surface area contributed by atoms with Crippen LogP contribution >= 0.6 is 12.2 Å². The molecule has 1 aromatic carbocycles. The van der Waals surface area contributed by atoms with Gasteiger partial charge in [-0.15, -0.1) is 0 Å². The number of fused-ring (bicyclic) bond motifs is 1. The molecule has 27 heavy (non-hydrogen) atoms. The van der Waals surface area contributed by atoms with Crippen LogP contribution in [0.2, 0.25) is 0 Å². The van der Waals surface area contributed by atoms with Crippen molar-refractivity contribution < 1.29 is 14.3 Å². The summed E-state index contributed by atoms with van der Waals surface area (Å²) in [5.74, 6) is 0.532. The van der Waals surface area contributed by atoms with E-state index in [1.54, 1.807) is 18.2 Å². The molecule has 8 heteroatoms. The van der Waals surface area contributed by atoms with Gasteiger partial charge in [0.15, 0.2) is 11.7 Å². The van der Waals surface area contributed by atoms with Crippen LogP contribution in [0.5, 0.6) is 5.75 Å². The van der Waals surface area contributed by atoms with E-state index in [9.17, 15) is 9.59 Å². The molecule has 2 amide bonds. The van der Waals surface area contributed by atoms with Crippen LogP contribution in [0.1, 0.15) is 39.5 Å². The van der Waals surface area contributed by atoms with E-state index in [4.69, 9.17) is 17.0 Å². The fourth-order valence-electron chi connectivity index (χ4n) is 2.86. The number of hydrogen-bond donors (Lipinski definition) is 3. The maximum Gasteiger partial charge on any atom is 0.265 e. The average Bonchev–Trinajstić information content (AvgIpc) is 2.68. The first-order chi connectivity index (χ1) is 13.0. The zero-order chi connectivity index (χ0) is 19.6. The normalized spacial score (nSPS) is 14.0. The van der Waals surface area contributed by atoms with Crippen LogP contribution in [0.4, 0.5) is 5.69 Å². The van der Waals surface area contributed by atoms with Crippen molar-refractivity contribution in [1.29, 1.82) is 0 Å². The number of amides is 2.